The molecule has 1 aromatic rings. The molecule has 0 bridgehead atoms. The number of carbonyl (C=O) groups is 2. The van der Waals surface area contributed by atoms with Gasteiger partial charge in [0.25, 0.3) is 5.91 Å². The molecule has 1 aliphatic heterocycles. The molecule has 1 heterocycles. The Kier molecular flexibility index (Phi) is 4.67. The molecule has 0 aromatic heterocycles. The highest BCUT2D eigenvalue weighted by Crippen LogP contribution is 2.34. The number of hydrogen-bond donors (Lipinski definition) is 1. The van der Waals surface area contributed by atoms with Crippen molar-refractivity contribution in [3.8, 4) is 5.75 Å². The Balaban J connectivity index is 2.45. The number of carboxylic acid groups (broad SMARTS) is 1. The van der Waals surface area contributed by atoms with Crippen LogP contribution in [0.3, 0.4) is 0 Å². The maximum atomic E-state index is 12.7. The van der Waals surface area contributed by atoms with E-state index in [-0.39, 0.29) is 11.5 Å². The lowest BCUT2D eigenvalue weighted by molar-refractivity contribution is -0.147. The fourth-order valence-electron chi connectivity index (χ4n) is 2.52. The van der Waals surface area contributed by atoms with Crippen LogP contribution in [0.2, 0.25) is 5.02 Å². The van der Waals surface area contributed by atoms with E-state index in [4.69, 9.17) is 16.3 Å². The second-order valence-electron chi connectivity index (χ2n) is 5.11. The number of ether oxygens (including phenoxy) is 1. The lowest BCUT2D eigenvalue weighted by Crippen LogP contribution is -2.50. The first-order valence-electron chi connectivity index (χ1n) is 6.39. The van der Waals surface area contributed by atoms with Crippen molar-refractivity contribution >= 4 is 46.1 Å². The van der Waals surface area contributed by atoms with Crippen molar-refractivity contribution in [2.75, 3.05) is 13.7 Å². The van der Waals surface area contributed by atoms with E-state index in [1.165, 1.54) is 18.1 Å². The third kappa shape index (κ3) is 2.83. The number of benzene rings is 1. The summed E-state index contributed by atoms with van der Waals surface area (Å²) in [4.78, 5) is 25.6. The number of aliphatic carboxylic acids is 1. The van der Waals surface area contributed by atoms with Gasteiger partial charge in [-0.15, -0.1) is 0 Å². The zero-order valence-corrected chi connectivity index (χ0v) is 14.6. The largest absolute Gasteiger partial charge is 0.496 e. The van der Waals surface area contributed by atoms with Gasteiger partial charge in [-0.3, -0.25) is 4.79 Å². The topological polar surface area (TPSA) is 66.8 Å². The number of nitrogens with zero attached hydrogens (tertiary/aromatic N) is 1. The van der Waals surface area contributed by atoms with Crippen molar-refractivity contribution in [2.24, 2.45) is 0 Å². The van der Waals surface area contributed by atoms with Gasteiger partial charge in [0, 0.05) is 10.1 Å². The van der Waals surface area contributed by atoms with Gasteiger partial charge in [-0.25, -0.2) is 4.79 Å². The van der Waals surface area contributed by atoms with Crippen LogP contribution in [0.5, 0.6) is 5.75 Å². The summed E-state index contributed by atoms with van der Waals surface area (Å²) < 4.78 is 6.00. The molecule has 1 aromatic carbocycles. The molecule has 114 valence electrons. The first-order valence-corrected chi connectivity index (χ1v) is 7.85. The van der Waals surface area contributed by atoms with E-state index in [2.05, 4.69) is 0 Å². The zero-order valence-electron chi connectivity index (χ0n) is 11.7. The first kappa shape index (κ1) is 16.4. The van der Waals surface area contributed by atoms with Gasteiger partial charge >= 0.3 is 5.97 Å². The van der Waals surface area contributed by atoms with Crippen LogP contribution in [-0.4, -0.2) is 41.1 Å². The van der Waals surface area contributed by atoms with E-state index in [1.807, 2.05) is 22.6 Å². The average Bonchev–Trinajstić information content (AvgIpc) is 2.84. The highest BCUT2D eigenvalue weighted by molar-refractivity contribution is 14.1. The standard InChI is InChI=1S/C14H15ClINO4/c1-14(13(19)20)4-3-5-17(14)12(18)8-6-9(15)10(16)7-11(8)21-2/h6-7H,3-5H2,1-2H3,(H,19,20). The Morgan fingerprint density at radius 1 is 1.48 bits per heavy atom. The molecular formula is C14H15ClINO4. The van der Waals surface area contributed by atoms with E-state index >= 15 is 0 Å². The van der Waals surface area contributed by atoms with Gasteiger partial charge in [0.2, 0.25) is 0 Å². The zero-order chi connectivity index (χ0) is 15.8. The number of carbonyl (C=O) groups excluding carboxylic acids is 1. The Labute approximate surface area is 141 Å². The fourth-order valence-corrected chi connectivity index (χ4v) is 3.12. The van der Waals surface area contributed by atoms with Gasteiger partial charge in [0.05, 0.1) is 17.7 Å². The van der Waals surface area contributed by atoms with Crippen LogP contribution in [-0.2, 0) is 4.79 Å². The van der Waals surface area contributed by atoms with Crippen molar-refractivity contribution in [3.63, 3.8) is 0 Å². The number of methoxy groups -OCH3 is 1. The molecule has 1 N–H and O–H groups in total. The van der Waals surface area contributed by atoms with E-state index in [0.29, 0.717) is 30.2 Å². The van der Waals surface area contributed by atoms with E-state index < -0.39 is 11.5 Å². The minimum absolute atomic E-state index is 0.289. The minimum Gasteiger partial charge on any atom is -0.496 e. The lowest BCUT2D eigenvalue weighted by Gasteiger charge is -2.31. The molecule has 5 nitrogen and oxygen atoms in total. The highest BCUT2D eigenvalue weighted by Gasteiger charge is 2.46. The summed E-state index contributed by atoms with van der Waals surface area (Å²) in [6.45, 7) is 1.98. The van der Waals surface area contributed by atoms with Crippen molar-refractivity contribution in [3.05, 3.63) is 26.3 Å². The van der Waals surface area contributed by atoms with Gasteiger partial charge in [-0.05, 0) is 54.5 Å². The van der Waals surface area contributed by atoms with Gasteiger partial charge in [0.1, 0.15) is 11.3 Å². The third-order valence-electron chi connectivity index (χ3n) is 3.82. The molecular weight excluding hydrogens is 409 g/mol. The van der Waals surface area contributed by atoms with Crippen molar-refractivity contribution in [2.45, 2.75) is 25.3 Å². The molecule has 0 aliphatic carbocycles. The molecule has 7 heteroatoms. The van der Waals surface area contributed by atoms with Crippen molar-refractivity contribution in [1.82, 2.24) is 4.90 Å². The van der Waals surface area contributed by atoms with E-state index in [0.717, 1.165) is 3.57 Å². The Bertz CT molecular complexity index is 607. The number of rotatable bonds is 3. The van der Waals surface area contributed by atoms with Crippen LogP contribution in [0.15, 0.2) is 12.1 Å². The number of amides is 1. The predicted octanol–water partition coefficient (Wildman–Crippen LogP) is 3.03. The summed E-state index contributed by atoms with van der Waals surface area (Å²) in [6, 6.07) is 3.20. The minimum atomic E-state index is -1.18. The molecule has 1 atom stereocenters. The number of likely N-dealkylation sites (tertiary alicyclic amines) is 1. The molecule has 1 amide bonds. The average molecular weight is 424 g/mol. The molecule has 0 spiro atoms. The van der Waals surface area contributed by atoms with Gasteiger partial charge in [-0.2, -0.15) is 0 Å². The fraction of sp³-hybridized carbons (Fsp3) is 0.429. The summed E-state index contributed by atoms with van der Waals surface area (Å²) in [5.74, 6) is -0.968. The van der Waals surface area contributed by atoms with E-state index in [9.17, 15) is 14.7 Å². The van der Waals surface area contributed by atoms with Crippen LogP contribution in [0, 0.1) is 3.57 Å². The van der Waals surface area contributed by atoms with Crippen LogP contribution < -0.4 is 4.74 Å². The van der Waals surface area contributed by atoms with Gasteiger partial charge in [-0.1, -0.05) is 11.6 Å². The number of carboxylic acids is 1. The first-order chi connectivity index (χ1) is 9.81. The predicted molar refractivity (Wildman–Crippen MR) is 87.0 cm³/mol. The maximum Gasteiger partial charge on any atom is 0.329 e. The summed E-state index contributed by atoms with van der Waals surface area (Å²) in [5.41, 5.74) is -0.894. The quantitative estimate of drug-likeness (QED) is 0.759. The molecule has 0 saturated carbocycles. The third-order valence-corrected chi connectivity index (χ3v) is 5.34. The molecule has 1 aliphatic rings. The van der Waals surface area contributed by atoms with Crippen molar-refractivity contribution < 1.29 is 19.4 Å². The van der Waals surface area contributed by atoms with Crippen LogP contribution in [0.25, 0.3) is 0 Å². The lowest BCUT2D eigenvalue weighted by atomic mass is 9.98. The summed E-state index contributed by atoms with van der Waals surface area (Å²) in [5, 5.41) is 9.85. The Hall–Kier alpha value is -1.02. The summed E-state index contributed by atoms with van der Waals surface area (Å²) in [7, 11) is 1.47. The smallest absolute Gasteiger partial charge is 0.329 e. The SMILES string of the molecule is COc1cc(I)c(Cl)cc1C(=O)N1CCCC1(C)C(=O)O. The van der Waals surface area contributed by atoms with Crippen LogP contribution in [0.1, 0.15) is 30.1 Å². The van der Waals surface area contributed by atoms with Crippen LogP contribution >= 0.6 is 34.2 Å². The maximum absolute atomic E-state index is 12.7. The highest BCUT2D eigenvalue weighted by atomic mass is 127. The van der Waals surface area contributed by atoms with Gasteiger partial charge < -0.3 is 14.7 Å². The number of halogens is 2. The molecule has 0 radical (unpaired) electrons. The molecule has 1 saturated heterocycles. The second-order valence-corrected chi connectivity index (χ2v) is 6.68. The Morgan fingerprint density at radius 2 is 2.14 bits per heavy atom. The molecule has 1 fully saturated rings. The molecule has 2 rings (SSSR count). The number of hydrogen-bond acceptors (Lipinski definition) is 3. The normalized spacial score (nSPS) is 21.4. The van der Waals surface area contributed by atoms with Crippen LogP contribution in [0.4, 0.5) is 0 Å². The van der Waals surface area contributed by atoms with E-state index in [1.54, 1.807) is 13.0 Å². The molecule has 21 heavy (non-hydrogen) atoms. The second kappa shape index (κ2) is 6.00. The Morgan fingerprint density at radius 3 is 2.71 bits per heavy atom. The molecule has 1 unspecified atom stereocenters. The monoisotopic (exact) mass is 423 g/mol. The van der Waals surface area contributed by atoms with Gasteiger partial charge in [0.15, 0.2) is 0 Å². The van der Waals surface area contributed by atoms with Crippen molar-refractivity contribution in [1.29, 1.82) is 0 Å². The summed E-state index contributed by atoms with van der Waals surface area (Å²) >= 11 is 8.13. The summed E-state index contributed by atoms with van der Waals surface area (Å²) in [6.07, 6.45) is 1.10.